The molecule has 108 valence electrons. The number of thioether (sulfide) groups is 1. The van der Waals surface area contributed by atoms with Crippen LogP contribution in [0.5, 0.6) is 0 Å². The Balaban J connectivity index is 3.09. The van der Waals surface area contributed by atoms with Gasteiger partial charge in [0.2, 0.25) is 0 Å². The summed E-state index contributed by atoms with van der Waals surface area (Å²) >= 11 is 1.72. The Morgan fingerprint density at radius 2 is 2.20 bits per heavy atom. The molecule has 0 fully saturated rings. The minimum absolute atomic E-state index is 0.0335. The molecule has 1 rings (SSSR count). The molecule has 1 N–H and O–H groups in total. The third kappa shape index (κ3) is 4.29. The molecule has 1 aromatic carbocycles. The predicted molar refractivity (Wildman–Crippen MR) is 85.1 cm³/mol. The minimum atomic E-state index is -0.208. The van der Waals surface area contributed by atoms with Gasteiger partial charge in [-0.1, -0.05) is 17.9 Å². The molecule has 20 heavy (non-hydrogen) atoms. The summed E-state index contributed by atoms with van der Waals surface area (Å²) in [6, 6.07) is 5.76. The van der Waals surface area contributed by atoms with Crippen molar-refractivity contribution in [2.24, 2.45) is 0 Å². The number of benzene rings is 1. The maximum absolute atomic E-state index is 12.5. The van der Waals surface area contributed by atoms with Crippen molar-refractivity contribution in [2.75, 3.05) is 25.7 Å². The van der Waals surface area contributed by atoms with E-state index in [-0.39, 0.29) is 18.6 Å². The smallest absolute Gasteiger partial charge is 0.255 e. The Labute approximate surface area is 125 Å². The maximum Gasteiger partial charge on any atom is 0.255 e. The van der Waals surface area contributed by atoms with E-state index in [2.05, 4.69) is 11.8 Å². The largest absolute Gasteiger partial charge is 0.384 e. The SMILES string of the molecule is CSCC(C)N(C)C(=O)c1ccc(C)cc1C#CCO. The number of carbonyl (C=O) groups excluding carboxylic acids is 1. The fourth-order valence-corrected chi connectivity index (χ4v) is 2.53. The van der Waals surface area contributed by atoms with Crippen LogP contribution in [0.1, 0.15) is 28.4 Å². The maximum atomic E-state index is 12.5. The first-order chi connectivity index (χ1) is 9.51. The number of aryl methyl sites for hydroxylation is 1. The molecule has 0 bridgehead atoms. The van der Waals surface area contributed by atoms with Crippen molar-refractivity contribution in [2.45, 2.75) is 19.9 Å². The molecule has 1 aromatic rings. The highest BCUT2D eigenvalue weighted by molar-refractivity contribution is 7.98. The highest BCUT2D eigenvalue weighted by Crippen LogP contribution is 2.15. The zero-order valence-corrected chi connectivity index (χ0v) is 13.3. The van der Waals surface area contributed by atoms with Crippen LogP contribution in [0.4, 0.5) is 0 Å². The van der Waals surface area contributed by atoms with E-state index >= 15 is 0 Å². The molecule has 4 heteroatoms. The standard InChI is InChI=1S/C16H21NO2S/c1-12-7-8-15(14(10-12)6-5-9-18)16(19)17(3)13(2)11-20-4/h7-8,10,13,18H,9,11H2,1-4H3. The average Bonchev–Trinajstić information content (AvgIpc) is 2.44. The van der Waals surface area contributed by atoms with Crippen LogP contribution < -0.4 is 0 Å². The summed E-state index contributed by atoms with van der Waals surface area (Å²) in [6.07, 6.45) is 2.03. The molecule has 1 unspecified atom stereocenters. The zero-order valence-electron chi connectivity index (χ0n) is 12.4. The molecule has 3 nitrogen and oxygen atoms in total. The van der Waals surface area contributed by atoms with Gasteiger partial charge in [0.05, 0.1) is 5.56 Å². The van der Waals surface area contributed by atoms with E-state index in [1.807, 2.05) is 39.3 Å². The van der Waals surface area contributed by atoms with Crippen LogP contribution in [0, 0.1) is 18.8 Å². The molecule has 0 aliphatic rings. The summed E-state index contributed by atoms with van der Waals surface area (Å²) in [5, 5.41) is 8.82. The first kappa shape index (κ1) is 16.6. The van der Waals surface area contributed by atoms with E-state index in [0.717, 1.165) is 11.3 Å². The highest BCUT2D eigenvalue weighted by atomic mass is 32.2. The van der Waals surface area contributed by atoms with E-state index in [4.69, 9.17) is 5.11 Å². The van der Waals surface area contributed by atoms with Crippen LogP contribution >= 0.6 is 11.8 Å². The number of nitrogens with zero attached hydrogens (tertiary/aromatic N) is 1. The van der Waals surface area contributed by atoms with Gasteiger partial charge in [-0.05, 0) is 37.8 Å². The van der Waals surface area contributed by atoms with E-state index in [1.54, 1.807) is 22.7 Å². The fraction of sp³-hybridized carbons (Fsp3) is 0.438. The fourth-order valence-electron chi connectivity index (χ4n) is 1.83. The van der Waals surface area contributed by atoms with Crippen molar-refractivity contribution in [1.82, 2.24) is 4.90 Å². The first-order valence-electron chi connectivity index (χ1n) is 6.47. The molecule has 0 aliphatic carbocycles. The van der Waals surface area contributed by atoms with Gasteiger partial charge in [0, 0.05) is 24.4 Å². The Morgan fingerprint density at radius 1 is 1.50 bits per heavy atom. The monoisotopic (exact) mass is 291 g/mol. The summed E-state index contributed by atoms with van der Waals surface area (Å²) in [5.74, 6) is 6.33. The molecule has 0 saturated carbocycles. The van der Waals surface area contributed by atoms with Crippen LogP contribution in [0.2, 0.25) is 0 Å². The van der Waals surface area contributed by atoms with Gasteiger partial charge in [0.15, 0.2) is 0 Å². The first-order valence-corrected chi connectivity index (χ1v) is 7.87. The molecule has 0 aromatic heterocycles. The Morgan fingerprint density at radius 3 is 2.80 bits per heavy atom. The van der Waals surface area contributed by atoms with Gasteiger partial charge < -0.3 is 10.0 Å². The van der Waals surface area contributed by atoms with Crippen molar-refractivity contribution in [3.8, 4) is 11.8 Å². The lowest BCUT2D eigenvalue weighted by Gasteiger charge is -2.25. The van der Waals surface area contributed by atoms with Gasteiger partial charge in [-0.25, -0.2) is 0 Å². The van der Waals surface area contributed by atoms with Crippen molar-refractivity contribution in [3.05, 3.63) is 34.9 Å². The summed E-state index contributed by atoms with van der Waals surface area (Å²) in [7, 11) is 1.81. The number of aliphatic hydroxyl groups excluding tert-OH is 1. The topological polar surface area (TPSA) is 40.5 Å². The van der Waals surface area contributed by atoms with Gasteiger partial charge in [0.25, 0.3) is 5.91 Å². The van der Waals surface area contributed by atoms with Gasteiger partial charge in [-0.15, -0.1) is 0 Å². The molecule has 0 saturated heterocycles. The number of aliphatic hydroxyl groups is 1. The van der Waals surface area contributed by atoms with Gasteiger partial charge in [-0.3, -0.25) is 4.79 Å². The van der Waals surface area contributed by atoms with Crippen LogP contribution in [-0.2, 0) is 0 Å². The molecule has 0 radical (unpaired) electrons. The minimum Gasteiger partial charge on any atom is -0.384 e. The normalized spacial score (nSPS) is 11.4. The van der Waals surface area contributed by atoms with Gasteiger partial charge in [0.1, 0.15) is 6.61 Å². The summed E-state index contributed by atoms with van der Waals surface area (Å²) in [6.45, 7) is 3.78. The lowest BCUT2D eigenvalue weighted by molar-refractivity contribution is 0.0757. The number of carbonyl (C=O) groups is 1. The Hall–Kier alpha value is -1.44. The van der Waals surface area contributed by atoms with E-state index in [9.17, 15) is 4.79 Å². The molecule has 0 aliphatic heterocycles. The second-order valence-corrected chi connectivity index (χ2v) is 5.64. The van der Waals surface area contributed by atoms with Crippen molar-refractivity contribution in [1.29, 1.82) is 0 Å². The van der Waals surface area contributed by atoms with Crippen LogP contribution in [-0.4, -0.2) is 47.6 Å². The van der Waals surface area contributed by atoms with Crippen molar-refractivity contribution < 1.29 is 9.90 Å². The number of amides is 1. The van der Waals surface area contributed by atoms with Crippen LogP contribution in [0.3, 0.4) is 0 Å². The average molecular weight is 291 g/mol. The van der Waals surface area contributed by atoms with Crippen LogP contribution in [0.25, 0.3) is 0 Å². The zero-order chi connectivity index (χ0) is 15.1. The Kier molecular flexibility index (Phi) is 6.63. The van der Waals surface area contributed by atoms with Crippen molar-refractivity contribution in [3.63, 3.8) is 0 Å². The summed E-state index contributed by atoms with van der Waals surface area (Å²) in [5.41, 5.74) is 2.31. The molecule has 0 spiro atoms. The molecular formula is C16H21NO2S. The molecule has 1 atom stereocenters. The second-order valence-electron chi connectivity index (χ2n) is 4.73. The number of rotatable bonds is 4. The lowest BCUT2D eigenvalue weighted by atomic mass is 10.0. The quantitative estimate of drug-likeness (QED) is 0.864. The Bertz CT molecular complexity index is 531. The highest BCUT2D eigenvalue weighted by Gasteiger charge is 2.19. The van der Waals surface area contributed by atoms with E-state index in [0.29, 0.717) is 11.1 Å². The molecule has 1 amide bonds. The lowest BCUT2D eigenvalue weighted by Crippen LogP contribution is -2.37. The molecular weight excluding hydrogens is 270 g/mol. The van der Waals surface area contributed by atoms with Crippen LogP contribution in [0.15, 0.2) is 18.2 Å². The predicted octanol–water partition coefficient (Wildman–Crippen LogP) is 2.16. The molecule has 0 heterocycles. The number of hydrogen-bond acceptors (Lipinski definition) is 3. The van der Waals surface area contributed by atoms with E-state index < -0.39 is 0 Å². The van der Waals surface area contributed by atoms with Crippen molar-refractivity contribution >= 4 is 17.7 Å². The second kappa shape index (κ2) is 7.98. The van der Waals surface area contributed by atoms with Gasteiger partial charge in [-0.2, -0.15) is 11.8 Å². The summed E-state index contributed by atoms with van der Waals surface area (Å²) < 4.78 is 0. The third-order valence-electron chi connectivity index (χ3n) is 3.10. The number of hydrogen-bond donors (Lipinski definition) is 1. The third-order valence-corrected chi connectivity index (χ3v) is 3.91. The van der Waals surface area contributed by atoms with E-state index in [1.165, 1.54) is 0 Å². The van der Waals surface area contributed by atoms with Gasteiger partial charge >= 0.3 is 0 Å². The summed E-state index contributed by atoms with van der Waals surface area (Å²) in [4.78, 5) is 14.3.